The minimum atomic E-state index is -0.933. The molecule has 0 aliphatic rings. The Morgan fingerprint density at radius 1 is 1.59 bits per heavy atom. The van der Waals surface area contributed by atoms with Gasteiger partial charge in [0, 0.05) is 12.1 Å². The van der Waals surface area contributed by atoms with Gasteiger partial charge in [0.1, 0.15) is 0 Å². The van der Waals surface area contributed by atoms with Crippen LogP contribution in [-0.2, 0) is 4.79 Å². The van der Waals surface area contributed by atoms with Crippen molar-refractivity contribution in [1.29, 1.82) is 0 Å². The number of carbonyl (C=O) groups excluding carboxylic acids is 1. The summed E-state index contributed by atoms with van der Waals surface area (Å²) in [7, 11) is 0. The van der Waals surface area contributed by atoms with Crippen molar-refractivity contribution in [3.05, 3.63) is 17.5 Å². The lowest BCUT2D eigenvalue weighted by Crippen LogP contribution is -2.36. The van der Waals surface area contributed by atoms with Crippen molar-refractivity contribution in [1.82, 2.24) is 10.5 Å². The van der Waals surface area contributed by atoms with E-state index in [4.69, 9.17) is 9.63 Å². The monoisotopic (exact) mass is 240 g/mol. The van der Waals surface area contributed by atoms with Gasteiger partial charge in [-0.15, -0.1) is 0 Å². The second-order valence-electron chi connectivity index (χ2n) is 3.89. The molecule has 0 bridgehead atoms. The fourth-order valence-corrected chi connectivity index (χ4v) is 1.51. The number of aromatic nitrogens is 1. The number of carboxylic acid groups (broad SMARTS) is 1. The Kier molecular flexibility index (Phi) is 4.68. The van der Waals surface area contributed by atoms with Crippen LogP contribution in [0.1, 0.15) is 42.4 Å². The molecule has 0 fully saturated rings. The largest absolute Gasteiger partial charge is 0.481 e. The number of nitrogens with one attached hydrogen (secondary N) is 1. The SMILES string of the molecule is CCCC(CC(=O)O)NC(=O)c1cc(C)no1. The summed E-state index contributed by atoms with van der Waals surface area (Å²) >= 11 is 0. The van der Waals surface area contributed by atoms with Gasteiger partial charge in [-0.3, -0.25) is 9.59 Å². The van der Waals surface area contributed by atoms with Crippen LogP contribution >= 0.6 is 0 Å². The van der Waals surface area contributed by atoms with Gasteiger partial charge in [0.15, 0.2) is 0 Å². The molecular weight excluding hydrogens is 224 g/mol. The normalized spacial score (nSPS) is 12.1. The van der Waals surface area contributed by atoms with E-state index in [9.17, 15) is 9.59 Å². The molecule has 6 heteroatoms. The highest BCUT2D eigenvalue weighted by molar-refractivity contribution is 5.91. The Hall–Kier alpha value is -1.85. The molecule has 1 rings (SSSR count). The van der Waals surface area contributed by atoms with E-state index in [1.54, 1.807) is 6.92 Å². The van der Waals surface area contributed by atoms with E-state index in [2.05, 4.69) is 10.5 Å². The molecule has 1 aromatic heterocycles. The number of carbonyl (C=O) groups is 2. The van der Waals surface area contributed by atoms with Crippen molar-refractivity contribution in [2.75, 3.05) is 0 Å². The van der Waals surface area contributed by atoms with Crippen LogP contribution in [0.5, 0.6) is 0 Å². The Balaban J connectivity index is 2.60. The highest BCUT2D eigenvalue weighted by Gasteiger charge is 2.18. The van der Waals surface area contributed by atoms with Crippen molar-refractivity contribution in [3.8, 4) is 0 Å². The van der Waals surface area contributed by atoms with Crippen molar-refractivity contribution < 1.29 is 19.2 Å². The van der Waals surface area contributed by atoms with E-state index in [0.717, 1.165) is 6.42 Å². The minimum absolute atomic E-state index is 0.0906. The summed E-state index contributed by atoms with van der Waals surface area (Å²) in [4.78, 5) is 22.3. The molecule has 1 heterocycles. The molecule has 17 heavy (non-hydrogen) atoms. The predicted octanol–water partition coefficient (Wildman–Crippen LogP) is 1.36. The molecular formula is C11H16N2O4. The van der Waals surface area contributed by atoms with E-state index >= 15 is 0 Å². The van der Waals surface area contributed by atoms with E-state index < -0.39 is 11.9 Å². The quantitative estimate of drug-likeness (QED) is 0.783. The number of amides is 1. The first-order valence-electron chi connectivity index (χ1n) is 5.49. The first-order valence-corrected chi connectivity index (χ1v) is 5.49. The number of rotatable bonds is 6. The predicted molar refractivity (Wildman–Crippen MR) is 59.7 cm³/mol. The van der Waals surface area contributed by atoms with Crippen molar-refractivity contribution in [2.45, 2.75) is 39.2 Å². The van der Waals surface area contributed by atoms with Gasteiger partial charge in [-0.2, -0.15) is 0 Å². The Labute approximate surface area is 99.0 Å². The van der Waals surface area contributed by atoms with E-state index in [1.807, 2.05) is 6.92 Å². The van der Waals surface area contributed by atoms with Gasteiger partial charge in [0.2, 0.25) is 5.76 Å². The molecule has 0 aliphatic carbocycles. The zero-order chi connectivity index (χ0) is 12.8. The number of carboxylic acids is 1. The number of hydrogen-bond donors (Lipinski definition) is 2. The number of aryl methyl sites for hydroxylation is 1. The topological polar surface area (TPSA) is 92.4 Å². The summed E-state index contributed by atoms with van der Waals surface area (Å²) in [5, 5.41) is 14.9. The Morgan fingerprint density at radius 3 is 2.76 bits per heavy atom. The summed E-state index contributed by atoms with van der Waals surface area (Å²) in [6, 6.07) is 1.13. The smallest absolute Gasteiger partial charge is 0.305 e. The molecule has 0 aromatic carbocycles. The average Bonchev–Trinajstić information content (AvgIpc) is 2.64. The molecule has 1 amide bonds. The average molecular weight is 240 g/mol. The molecule has 0 saturated carbocycles. The molecule has 0 aliphatic heterocycles. The molecule has 1 unspecified atom stereocenters. The number of hydrogen-bond acceptors (Lipinski definition) is 4. The Bertz CT molecular complexity index is 400. The molecule has 1 aromatic rings. The highest BCUT2D eigenvalue weighted by atomic mass is 16.5. The maximum absolute atomic E-state index is 11.7. The molecule has 0 saturated heterocycles. The third kappa shape index (κ3) is 4.26. The van der Waals surface area contributed by atoms with E-state index in [1.165, 1.54) is 6.07 Å². The molecule has 0 radical (unpaired) electrons. The fraction of sp³-hybridized carbons (Fsp3) is 0.545. The first-order chi connectivity index (χ1) is 8.02. The zero-order valence-corrected chi connectivity index (χ0v) is 9.90. The third-order valence-corrected chi connectivity index (χ3v) is 2.25. The van der Waals surface area contributed by atoms with Crippen molar-refractivity contribution in [3.63, 3.8) is 0 Å². The lowest BCUT2D eigenvalue weighted by Gasteiger charge is -2.14. The fourth-order valence-electron chi connectivity index (χ4n) is 1.51. The third-order valence-electron chi connectivity index (χ3n) is 2.25. The van der Waals surface area contributed by atoms with Gasteiger partial charge in [-0.05, 0) is 13.3 Å². The van der Waals surface area contributed by atoms with Crippen LogP contribution in [0.2, 0.25) is 0 Å². The van der Waals surface area contributed by atoms with Gasteiger partial charge in [-0.1, -0.05) is 18.5 Å². The Morgan fingerprint density at radius 2 is 2.29 bits per heavy atom. The molecule has 0 spiro atoms. The summed E-state index contributed by atoms with van der Waals surface area (Å²) in [5.41, 5.74) is 0.612. The lowest BCUT2D eigenvalue weighted by atomic mass is 10.1. The highest BCUT2D eigenvalue weighted by Crippen LogP contribution is 2.06. The van der Waals surface area contributed by atoms with Gasteiger partial charge in [-0.25, -0.2) is 0 Å². The van der Waals surface area contributed by atoms with Gasteiger partial charge in [0.25, 0.3) is 5.91 Å². The second-order valence-corrected chi connectivity index (χ2v) is 3.89. The second kappa shape index (κ2) is 6.03. The molecule has 2 N–H and O–H groups in total. The van der Waals surface area contributed by atoms with E-state index in [0.29, 0.717) is 12.1 Å². The van der Waals surface area contributed by atoms with Crippen LogP contribution in [0.3, 0.4) is 0 Å². The summed E-state index contributed by atoms with van der Waals surface area (Å²) < 4.78 is 4.80. The van der Waals surface area contributed by atoms with Gasteiger partial charge < -0.3 is 14.9 Å². The summed E-state index contributed by atoms with van der Waals surface area (Å²) in [6.07, 6.45) is 1.32. The van der Waals surface area contributed by atoms with Gasteiger partial charge in [0.05, 0.1) is 12.1 Å². The standard InChI is InChI=1S/C11H16N2O4/c1-3-4-8(6-10(14)15)12-11(16)9-5-7(2)13-17-9/h5,8H,3-4,6H2,1-2H3,(H,12,16)(H,14,15). The van der Waals surface area contributed by atoms with Crippen LogP contribution in [0.15, 0.2) is 10.6 Å². The number of nitrogens with zero attached hydrogens (tertiary/aromatic N) is 1. The summed E-state index contributed by atoms with van der Waals surface area (Å²) in [6.45, 7) is 3.64. The van der Waals surface area contributed by atoms with Crippen LogP contribution in [0.25, 0.3) is 0 Å². The van der Waals surface area contributed by atoms with E-state index in [-0.39, 0.29) is 18.2 Å². The first kappa shape index (κ1) is 13.2. The van der Waals surface area contributed by atoms with Crippen molar-refractivity contribution in [2.24, 2.45) is 0 Å². The maximum Gasteiger partial charge on any atom is 0.305 e. The maximum atomic E-state index is 11.7. The van der Waals surface area contributed by atoms with Crippen LogP contribution in [0.4, 0.5) is 0 Å². The van der Waals surface area contributed by atoms with Crippen LogP contribution < -0.4 is 5.32 Å². The van der Waals surface area contributed by atoms with Crippen LogP contribution in [0, 0.1) is 6.92 Å². The lowest BCUT2D eigenvalue weighted by molar-refractivity contribution is -0.137. The molecule has 1 atom stereocenters. The van der Waals surface area contributed by atoms with Crippen molar-refractivity contribution >= 4 is 11.9 Å². The molecule has 6 nitrogen and oxygen atoms in total. The summed E-state index contributed by atoms with van der Waals surface area (Å²) in [5.74, 6) is -1.25. The minimum Gasteiger partial charge on any atom is -0.481 e. The zero-order valence-electron chi connectivity index (χ0n) is 9.90. The van der Waals surface area contributed by atoms with Gasteiger partial charge >= 0.3 is 5.97 Å². The van der Waals surface area contributed by atoms with Crippen LogP contribution in [-0.4, -0.2) is 28.2 Å². The number of aliphatic carboxylic acids is 1. The molecule has 94 valence electrons.